The van der Waals surface area contributed by atoms with Gasteiger partial charge < -0.3 is 14.2 Å². The van der Waals surface area contributed by atoms with Crippen molar-refractivity contribution in [3.05, 3.63) is 70.3 Å². The fourth-order valence-corrected chi connectivity index (χ4v) is 5.72. The Morgan fingerprint density at radius 1 is 1.06 bits per heavy atom. The zero-order valence-electron chi connectivity index (χ0n) is 21.3. The van der Waals surface area contributed by atoms with Crippen LogP contribution in [-0.2, 0) is 28.6 Å². The van der Waals surface area contributed by atoms with E-state index in [4.69, 9.17) is 14.2 Å². The molecule has 5 atom stereocenters. The molecule has 0 unspecified atom stereocenters. The molecule has 0 saturated heterocycles. The van der Waals surface area contributed by atoms with E-state index < -0.39 is 35.7 Å². The molecule has 0 amide bonds. The van der Waals surface area contributed by atoms with Crippen LogP contribution in [0.1, 0.15) is 64.2 Å². The number of rotatable bonds is 3. The molecule has 0 fully saturated rings. The Morgan fingerprint density at radius 3 is 2.42 bits per heavy atom. The van der Waals surface area contributed by atoms with Gasteiger partial charge in [0.2, 0.25) is 0 Å². The number of allylic oxidation sites excluding steroid dienone is 2. The lowest BCUT2D eigenvalue weighted by Crippen LogP contribution is -2.57. The highest BCUT2D eigenvalue weighted by atomic mass is 16.6. The lowest BCUT2D eigenvalue weighted by atomic mass is 9.59. The fourth-order valence-electron chi connectivity index (χ4n) is 5.72. The Kier molecular flexibility index (Phi) is 7.03. The first-order valence-corrected chi connectivity index (χ1v) is 12.3. The zero-order valence-corrected chi connectivity index (χ0v) is 21.3. The van der Waals surface area contributed by atoms with Crippen molar-refractivity contribution in [2.24, 2.45) is 11.3 Å². The number of hydrogen-bond acceptors (Lipinski definition) is 7. The van der Waals surface area contributed by atoms with Crippen LogP contribution in [0.25, 0.3) is 0 Å². The summed E-state index contributed by atoms with van der Waals surface area (Å²) in [6, 6.07) is 8.68. The summed E-state index contributed by atoms with van der Waals surface area (Å²) in [7, 11) is 0. The maximum absolute atomic E-state index is 13.3. The number of fused-ring (bicyclic) bond motifs is 2. The third kappa shape index (κ3) is 4.66. The molecule has 0 aromatic heterocycles. The first-order chi connectivity index (χ1) is 17.0. The summed E-state index contributed by atoms with van der Waals surface area (Å²) in [6.45, 7) is 8.66. The summed E-state index contributed by atoms with van der Waals surface area (Å²) in [5.74, 6) is -2.14. The first kappa shape index (κ1) is 25.6. The lowest BCUT2D eigenvalue weighted by Gasteiger charge is -2.49. The van der Waals surface area contributed by atoms with Crippen LogP contribution in [0.15, 0.2) is 64.8 Å². The Morgan fingerprint density at radius 2 is 1.75 bits per heavy atom. The maximum Gasteiger partial charge on any atom is 0.338 e. The van der Waals surface area contributed by atoms with Crippen LogP contribution in [0.2, 0.25) is 0 Å². The Bertz CT molecular complexity index is 1190. The molecule has 7 nitrogen and oxygen atoms in total. The van der Waals surface area contributed by atoms with E-state index in [9.17, 15) is 19.2 Å². The number of ketones is 1. The second kappa shape index (κ2) is 9.88. The number of esters is 3. The monoisotopic (exact) mass is 492 g/mol. The van der Waals surface area contributed by atoms with Crippen molar-refractivity contribution in [2.75, 3.05) is 0 Å². The predicted octanol–water partition coefficient (Wildman–Crippen LogP) is 4.67. The molecule has 7 heteroatoms. The number of benzene rings is 1. The van der Waals surface area contributed by atoms with Gasteiger partial charge in [0, 0.05) is 12.5 Å². The lowest BCUT2D eigenvalue weighted by molar-refractivity contribution is -0.172. The quantitative estimate of drug-likeness (QED) is 0.344. The standard InChI is InChI=1S/C29H32O7/c1-16-11-12-25(36-28(33)20-9-7-6-8-10-20)29(5)22(15-21-18(3)27(32)35-24(21)13-16)17(2)14-23(31)26(29)34-19(4)30/h6-10,13-14,22,24-26H,11-12,15H2,1-5H3/t22-,24-,25+,26-,29-/m1/s1. The SMILES string of the molecule is CC(=O)O[C@@H]1C(=O)C=C(C)[C@H]2CC3=C(C)C(=O)O[C@@H]3C=C(C)CC[C@H](OC(=O)c3ccccc3)[C@@]21C. The van der Waals surface area contributed by atoms with Crippen molar-refractivity contribution in [2.45, 2.75) is 72.2 Å². The minimum atomic E-state index is -1.14. The highest BCUT2D eigenvalue weighted by Gasteiger charge is 2.57. The van der Waals surface area contributed by atoms with Crippen molar-refractivity contribution in [1.82, 2.24) is 0 Å². The molecule has 1 aromatic rings. The molecule has 190 valence electrons. The molecule has 0 saturated carbocycles. The zero-order chi connectivity index (χ0) is 26.2. The van der Waals surface area contributed by atoms with E-state index in [1.165, 1.54) is 13.0 Å². The van der Waals surface area contributed by atoms with Gasteiger partial charge in [-0.15, -0.1) is 0 Å². The molecule has 36 heavy (non-hydrogen) atoms. The largest absolute Gasteiger partial charge is 0.458 e. The molecule has 1 heterocycles. The summed E-state index contributed by atoms with van der Waals surface area (Å²) in [5.41, 5.74) is 2.45. The summed E-state index contributed by atoms with van der Waals surface area (Å²) < 4.78 is 17.4. The van der Waals surface area contributed by atoms with Gasteiger partial charge in [-0.25, -0.2) is 9.59 Å². The first-order valence-electron chi connectivity index (χ1n) is 12.3. The van der Waals surface area contributed by atoms with Gasteiger partial charge in [0.15, 0.2) is 11.9 Å². The number of ether oxygens (including phenoxy) is 3. The Hall–Kier alpha value is -3.48. The summed E-state index contributed by atoms with van der Waals surface area (Å²) in [5, 5.41) is 0. The van der Waals surface area contributed by atoms with Gasteiger partial charge in [-0.1, -0.05) is 36.3 Å². The van der Waals surface area contributed by atoms with Crippen LogP contribution in [0.3, 0.4) is 0 Å². The molecule has 0 spiro atoms. The van der Waals surface area contributed by atoms with E-state index in [-0.39, 0.29) is 17.7 Å². The molecular weight excluding hydrogens is 460 g/mol. The summed E-state index contributed by atoms with van der Waals surface area (Å²) in [4.78, 5) is 51.1. The van der Waals surface area contributed by atoms with Gasteiger partial charge in [0.05, 0.1) is 11.0 Å². The van der Waals surface area contributed by atoms with E-state index in [0.29, 0.717) is 30.4 Å². The van der Waals surface area contributed by atoms with E-state index in [1.807, 2.05) is 32.9 Å². The van der Waals surface area contributed by atoms with Crippen LogP contribution >= 0.6 is 0 Å². The van der Waals surface area contributed by atoms with Crippen molar-refractivity contribution < 1.29 is 33.4 Å². The van der Waals surface area contributed by atoms with E-state index in [2.05, 4.69) is 0 Å². The smallest absolute Gasteiger partial charge is 0.338 e. The number of carbonyl (C=O) groups is 4. The number of hydrogen-bond donors (Lipinski definition) is 0. The third-order valence-corrected chi connectivity index (χ3v) is 7.76. The Balaban J connectivity index is 1.86. The maximum atomic E-state index is 13.3. The van der Waals surface area contributed by atoms with Gasteiger partial charge in [-0.2, -0.15) is 0 Å². The fraction of sp³-hybridized carbons (Fsp3) is 0.448. The molecule has 2 aliphatic carbocycles. The van der Waals surface area contributed by atoms with Gasteiger partial charge in [0.1, 0.15) is 12.2 Å². The number of carbonyl (C=O) groups excluding carboxylic acids is 4. The second-order valence-corrected chi connectivity index (χ2v) is 10.2. The van der Waals surface area contributed by atoms with Crippen LogP contribution < -0.4 is 0 Å². The van der Waals surface area contributed by atoms with E-state index in [1.54, 1.807) is 31.2 Å². The second-order valence-electron chi connectivity index (χ2n) is 10.2. The van der Waals surface area contributed by atoms with Crippen LogP contribution in [-0.4, -0.2) is 42.0 Å². The topological polar surface area (TPSA) is 96.0 Å². The average Bonchev–Trinajstić information content (AvgIpc) is 3.09. The third-order valence-electron chi connectivity index (χ3n) is 7.76. The predicted molar refractivity (Wildman–Crippen MR) is 132 cm³/mol. The van der Waals surface area contributed by atoms with Gasteiger partial charge in [-0.3, -0.25) is 9.59 Å². The van der Waals surface area contributed by atoms with Crippen molar-refractivity contribution in [3.8, 4) is 0 Å². The molecule has 0 radical (unpaired) electrons. The molecule has 0 N–H and O–H groups in total. The van der Waals surface area contributed by atoms with Gasteiger partial charge in [0.25, 0.3) is 0 Å². The Labute approximate surface area is 211 Å². The summed E-state index contributed by atoms with van der Waals surface area (Å²) in [6.07, 6.45) is 2.43. The van der Waals surface area contributed by atoms with Crippen LogP contribution in [0.5, 0.6) is 0 Å². The average molecular weight is 493 g/mol. The molecule has 3 aliphatic rings. The minimum Gasteiger partial charge on any atom is -0.458 e. The molecular formula is C29H32O7. The molecule has 1 aromatic carbocycles. The van der Waals surface area contributed by atoms with Gasteiger partial charge in [-0.05, 0) is 75.8 Å². The van der Waals surface area contributed by atoms with Crippen molar-refractivity contribution in [1.29, 1.82) is 0 Å². The molecule has 0 bridgehead atoms. The van der Waals surface area contributed by atoms with Crippen LogP contribution in [0, 0.1) is 11.3 Å². The van der Waals surface area contributed by atoms with E-state index in [0.717, 1.165) is 16.7 Å². The van der Waals surface area contributed by atoms with E-state index >= 15 is 0 Å². The molecule has 1 aliphatic heterocycles. The summed E-state index contributed by atoms with van der Waals surface area (Å²) >= 11 is 0. The highest BCUT2D eigenvalue weighted by Crippen LogP contribution is 2.51. The van der Waals surface area contributed by atoms with Crippen molar-refractivity contribution >= 4 is 23.7 Å². The van der Waals surface area contributed by atoms with Crippen molar-refractivity contribution in [3.63, 3.8) is 0 Å². The normalized spacial score (nSPS) is 30.4. The minimum absolute atomic E-state index is 0.340. The molecule has 4 rings (SSSR count). The van der Waals surface area contributed by atoms with Crippen LogP contribution in [0.4, 0.5) is 0 Å². The highest BCUT2D eigenvalue weighted by molar-refractivity contribution is 5.97. The van der Waals surface area contributed by atoms with Gasteiger partial charge >= 0.3 is 17.9 Å².